The smallest absolute Gasteiger partial charge is 0.266 e. The first-order valence-corrected chi connectivity index (χ1v) is 9.18. The predicted molar refractivity (Wildman–Crippen MR) is 107 cm³/mol. The quantitative estimate of drug-likeness (QED) is 0.549. The number of nitrogens with two attached hydrogens (primary N) is 1. The molecule has 0 saturated carbocycles. The average molecular weight is 422 g/mol. The number of nitrogens with one attached hydrogen (secondary N) is 2. The van der Waals surface area contributed by atoms with Crippen LogP contribution in [0.5, 0.6) is 0 Å². The lowest BCUT2D eigenvalue weighted by Gasteiger charge is -2.07. The molecule has 28 heavy (non-hydrogen) atoms. The summed E-state index contributed by atoms with van der Waals surface area (Å²) in [5.41, 5.74) is 7.11. The van der Waals surface area contributed by atoms with Gasteiger partial charge in [-0.25, -0.2) is 8.78 Å². The van der Waals surface area contributed by atoms with E-state index in [1.807, 2.05) is 0 Å². The molecule has 1 heterocycles. The van der Waals surface area contributed by atoms with Crippen molar-refractivity contribution in [3.8, 4) is 0 Å². The topological polar surface area (TPSA) is 84.2 Å². The van der Waals surface area contributed by atoms with E-state index >= 15 is 0 Å². The van der Waals surface area contributed by atoms with Crippen LogP contribution in [0.2, 0.25) is 5.02 Å². The van der Waals surface area contributed by atoms with Crippen LogP contribution in [-0.2, 0) is 0 Å². The average Bonchev–Trinajstić information content (AvgIpc) is 2.94. The van der Waals surface area contributed by atoms with Gasteiger partial charge >= 0.3 is 0 Å². The lowest BCUT2D eigenvalue weighted by Crippen LogP contribution is -2.15. The molecule has 0 radical (unpaired) electrons. The van der Waals surface area contributed by atoms with E-state index in [1.165, 1.54) is 6.07 Å². The molecule has 0 bridgehead atoms. The second-order valence-electron chi connectivity index (χ2n) is 5.84. The van der Waals surface area contributed by atoms with Gasteiger partial charge < -0.3 is 16.4 Å². The Kier molecular flexibility index (Phi) is 5.62. The molecule has 0 saturated heterocycles. The van der Waals surface area contributed by atoms with Crippen LogP contribution in [0.25, 0.3) is 0 Å². The van der Waals surface area contributed by atoms with E-state index in [-0.39, 0.29) is 21.1 Å². The molecule has 3 rings (SSSR count). The fourth-order valence-corrected chi connectivity index (χ4v) is 3.62. The summed E-state index contributed by atoms with van der Waals surface area (Å²) in [6.45, 7) is 1.59. The summed E-state index contributed by atoms with van der Waals surface area (Å²) >= 11 is 6.75. The lowest BCUT2D eigenvalue weighted by molar-refractivity contribution is 0.102. The van der Waals surface area contributed by atoms with Crippen molar-refractivity contribution in [1.29, 1.82) is 0 Å². The number of rotatable bonds is 4. The van der Waals surface area contributed by atoms with Gasteiger partial charge in [-0.2, -0.15) is 0 Å². The molecule has 0 aliphatic carbocycles. The number of carbonyl (C=O) groups excluding carboxylic acids is 2. The molecular formula is C19H14ClF2N3O2S. The maximum Gasteiger partial charge on any atom is 0.266 e. The minimum Gasteiger partial charge on any atom is -0.390 e. The van der Waals surface area contributed by atoms with Crippen LogP contribution in [0.4, 0.5) is 25.2 Å². The van der Waals surface area contributed by atoms with E-state index in [4.69, 9.17) is 17.3 Å². The van der Waals surface area contributed by atoms with Gasteiger partial charge in [-0.1, -0.05) is 11.6 Å². The Bertz CT molecular complexity index is 1070. The first-order chi connectivity index (χ1) is 13.3. The van der Waals surface area contributed by atoms with E-state index in [9.17, 15) is 18.4 Å². The molecule has 5 nitrogen and oxygen atoms in total. The number of amides is 2. The highest BCUT2D eigenvalue weighted by Crippen LogP contribution is 2.32. The minimum atomic E-state index is -1.08. The monoisotopic (exact) mass is 421 g/mol. The Morgan fingerprint density at radius 3 is 2.21 bits per heavy atom. The van der Waals surface area contributed by atoms with Gasteiger partial charge in [-0.3, -0.25) is 9.59 Å². The van der Waals surface area contributed by atoms with Crippen LogP contribution < -0.4 is 16.4 Å². The molecule has 9 heteroatoms. The highest BCUT2D eigenvalue weighted by Gasteiger charge is 2.23. The Hall–Kier alpha value is -2.97. The molecule has 0 fully saturated rings. The second kappa shape index (κ2) is 7.95. The molecule has 0 aliphatic heterocycles. The van der Waals surface area contributed by atoms with Gasteiger partial charge in [0.05, 0.1) is 15.4 Å². The lowest BCUT2D eigenvalue weighted by atomic mass is 10.1. The molecule has 3 aromatic rings. The zero-order valence-electron chi connectivity index (χ0n) is 14.5. The van der Waals surface area contributed by atoms with Gasteiger partial charge in [0.2, 0.25) is 0 Å². The fourth-order valence-electron chi connectivity index (χ4n) is 2.52. The first kappa shape index (κ1) is 19.8. The van der Waals surface area contributed by atoms with Crippen molar-refractivity contribution >= 4 is 51.1 Å². The van der Waals surface area contributed by atoms with Crippen molar-refractivity contribution in [3.63, 3.8) is 0 Å². The number of anilines is 3. The van der Waals surface area contributed by atoms with Crippen LogP contribution in [0, 0.1) is 18.6 Å². The summed E-state index contributed by atoms with van der Waals surface area (Å²) in [7, 11) is 0. The van der Waals surface area contributed by atoms with Crippen molar-refractivity contribution in [2.24, 2.45) is 0 Å². The van der Waals surface area contributed by atoms with E-state index < -0.39 is 23.4 Å². The summed E-state index contributed by atoms with van der Waals surface area (Å²) in [5.74, 6) is -3.15. The van der Waals surface area contributed by atoms with Crippen molar-refractivity contribution in [3.05, 3.63) is 75.1 Å². The van der Waals surface area contributed by atoms with E-state index in [1.54, 1.807) is 31.2 Å². The number of hydrogen-bond donors (Lipinski definition) is 3. The number of halogens is 3. The van der Waals surface area contributed by atoms with Crippen LogP contribution >= 0.6 is 22.9 Å². The number of benzene rings is 2. The Morgan fingerprint density at radius 1 is 0.964 bits per heavy atom. The second-order valence-corrected chi connectivity index (χ2v) is 7.33. The molecule has 0 unspecified atom stereocenters. The van der Waals surface area contributed by atoms with Crippen molar-refractivity contribution < 1.29 is 18.4 Å². The van der Waals surface area contributed by atoms with Gasteiger partial charge in [0.15, 0.2) is 11.6 Å². The van der Waals surface area contributed by atoms with Gasteiger partial charge in [-0.15, -0.1) is 11.3 Å². The molecule has 0 aliphatic rings. The molecule has 2 amide bonds. The van der Waals surface area contributed by atoms with Gasteiger partial charge in [0.25, 0.3) is 11.8 Å². The highest BCUT2D eigenvalue weighted by molar-refractivity contribution is 7.18. The first-order valence-electron chi connectivity index (χ1n) is 7.98. The minimum absolute atomic E-state index is 0.0856. The summed E-state index contributed by atoms with van der Waals surface area (Å²) < 4.78 is 26.3. The third-order valence-electron chi connectivity index (χ3n) is 3.89. The van der Waals surface area contributed by atoms with E-state index in [2.05, 4.69) is 10.6 Å². The SMILES string of the molecule is Cc1c(C(=O)Nc2ccc(F)c(F)c2)sc(N)c1C(=O)Nc1ccc(Cl)cc1. The third-order valence-corrected chi connectivity index (χ3v) is 5.26. The normalized spacial score (nSPS) is 10.6. The Balaban J connectivity index is 1.82. The maximum atomic E-state index is 13.3. The van der Waals surface area contributed by atoms with Gasteiger partial charge in [0, 0.05) is 22.5 Å². The number of nitrogen functional groups attached to an aromatic ring is 1. The molecule has 0 spiro atoms. The predicted octanol–water partition coefficient (Wildman–Crippen LogP) is 5.07. The number of carbonyl (C=O) groups is 2. The fraction of sp³-hybridized carbons (Fsp3) is 0.0526. The largest absolute Gasteiger partial charge is 0.390 e. The van der Waals surface area contributed by atoms with Crippen LogP contribution in [0.3, 0.4) is 0 Å². The molecule has 1 aromatic heterocycles. The Labute approximate surface area is 168 Å². The summed E-state index contributed by atoms with van der Waals surface area (Å²) in [6, 6.07) is 9.53. The third kappa shape index (κ3) is 4.13. The molecule has 2 aromatic carbocycles. The summed E-state index contributed by atoms with van der Waals surface area (Å²) in [5, 5.41) is 5.85. The van der Waals surface area contributed by atoms with Crippen molar-refractivity contribution in [2.75, 3.05) is 16.4 Å². The van der Waals surface area contributed by atoms with Gasteiger partial charge in [-0.05, 0) is 48.9 Å². The van der Waals surface area contributed by atoms with Gasteiger partial charge in [0.1, 0.15) is 0 Å². The maximum absolute atomic E-state index is 13.3. The summed E-state index contributed by atoms with van der Waals surface area (Å²) in [6.07, 6.45) is 0. The van der Waals surface area contributed by atoms with Crippen molar-refractivity contribution in [1.82, 2.24) is 0 Å². The zero-order valence-corrected chi connectivity index (χ0v) is 16.0. The molecule has 0 atom stereocenters. The van der Waals surface area contributed by atoms with E-state index in [0.29, 0.717) is 16.3 Å². The molecule has 144 valence electrons. The Morgan fingerprint density at radius 2 is 1.57 bits per heavy atom. The number of thiophene rings is 1. The van der Waals surface area contributed by atoms with Crippen LogP contribution in [0.1, 0.15) is 25.6 Å². The van der Waals surface area contributed by atoms with E-state index in [0.717, 1.165) is 23.5 Å². The highest BCUT2D eigenvalue weighted by atomic mass is 35.5. The summed E-state index contributed by atoms with van der Waals surface area (Å²) in [4.78, 5) is 25.3. The van der Waals surface area contributed by atoms with Crippen molar-refractivity contribution in [2.45, 2.75) is 6.92 Å². The van der Waals surface area contributed by atoms with Crippen LogP contribution in [-0.4, -0.2) is 11.8 Å². The molecule has 4 N–H and O–H groups in total. The number of hydrogen-bond acceptors (Lipinski definition) is 4. The molecular weight excluding hydrogens is 408 g/mol. The zero-order chi connectivity index (χ0) is 20.4. The standard InChI is InChI=1S/C19H14ClF2N3O2S/c1-9-15(18(26)24-11-4-2-10(20)3-5-11)17(23)28-16(9)19(27)25-12-6-7-13(21)14(22)8-12/h2-8H,23H2,1H3,(H,24,26)(H,25,27). The van der Waals surface area contributed by atoms with Crippen LogP contribution in [0.15, 0.2) is 42.5 Å².